The molecule has 0 bridgehead atoms. The minimum Gasteiger partial charge on any atom is -0.496 e. The van der Waals surface area contributed by atoms with Crippen LogP contribution in [0.15, 0.2) is 65.3 Å². The summed E-state index contributed by atoms with van der Waals surface area (Å²) < 4.78 is 28.7. The van der Waals surface area contributed by atoms with Crippen molar-refractivity contribution in [2.75, 3.05) is 12.4 Å². The van der Waals surface area contributed by atoms with Crippen LogP contribution < -0.4 is 10.1 Å². The van der Waals surface area contributed by atoms with Crippen LogP contribution in [0.4, 0.5) is 10.1 Å². The van der Waals surface area contributed by atoms with E-state index >= 15 is 0 Å². The number of hydrogen-bond acceptors (Lipinski definition) is 5. The van der Waals surface area contributed by atoms with Crippen LogP contribution in [0.1, 0.15) is 26.5 Å². The average molecular weight is 369 g/mol. The third kappa shape index (κ3) is 4.52. The lowest BCUT2D eigenvalue weighted by molar-refractivity contribution is 0.0469. The Morgan fingerprint density at radius 3 is 2.56 bits per heavy atom. The third-order valence-corrected chi connectivity index (χ3v) is 3.72. The zero-order valence-corrected chi connectivity index (χ0v) is 14.4. The number of carbonyl (C=O) groups excluding carboxylic acids is 2. The summed E-state index contributed by atoms with van der Waals surface area (Å²) in [4.78, 5) is 24.1. The van der Waals surface area contributed by atoms with Gasteiger partial charge in [0.1, 0.15) is 18.2 Å². The number of methoxy groups -OCH3 is 1. The highest BCUT2D eigenvalue weighted by Crippen LogP contribution is 2.21. The summed E-state index contributed by atoms with van der Waals surface area (Å²) in [7, 11) is 1.45. The molecule has 1 amide bonds. The van der Waals surface area contributed by atoms with E-state index in [4.69, 9.17) is 13.9 Å². The van der Waals surface area contributed by atoms with Crippen LogP contribution in [0.3, 0.4) is 0 Å². The summed E-state index contributed by atoms with van der Waals surface area (Å²) in [5.74, 6) is -0.806. The molecule has 7 heteroatoms. The Bertz CT molecular complexity index is 936. The molecule has 0 fully saturated rings. The van der Waals surface area contributed by atoms with E-state index in [1.807, 2.05) is 0 Å². The molecule has 0 aliphatic carbocycles. The summed E-state index contributed by atoms with van der Waals surface area (Å²) in [6.45, 7) is -0.128. The zero-order chi connectivity index (χ0) is 19.2. The number of benzene rings is 2. The van der Waals surface area contributed by atoms with Crippen LogP contribution in [0.2, 0.25) is 0 Å². The van der Waals surface area contributed by atoms with Gasteiger partial charge in [-0.25, -0.2) is 9.18 Å². The van der Waals surface area contributed by atoms with Gasteiger partial charge in [0.2, 0.25) is 0 Å². The average Bonchev–Trinajstić information content (AvgIpc) is 3.22. The van der Waals surface area contributed by atoms with Gasteiger partial charge in [-0.2, -0.15) is 0 Å². The summed E-state index contributed by atoms with van der Waals surface area (Å²) >= 11 is 0. The van der Waals surface area contributed by atoms with Crippen LogP contribution in [0.5, 0.6) is 5.75 Å². The number of esters is 1. The Morgan fingerprint density at radius 1 is 1.11 bits per heavy atom. The molecule has 1 heterocycles. The first-order valence-electron chi connectivity index (χ1n) is 8.01. The topological polar surface area (TPSA) is 77.8 Å². The molecule has 138 valence electrons. The van der Waals surface area contributed by atoms with Gasteiger partial charge in [-0.1, -0.05) is 0 Å². The van der Waals surface area contributed by atoms with Gasteiger partial charge in [0.05, 0.1) is 18.9 Å². The molecule has 0 spiro atoms. The van der Waals surface area contributed by atoms with E-state index in [0.717, 1.165) is 0 Å². The van der Waals surface area contributed by atoms with Gasteiger partial charge in [-0.3, -0.25) is 4.79 Å². The molecular formula is C20H16FNO5. The fourth-order valence-electron chi connectivity index (χ4n) is 2.38. The van der Waals surface area contributed by atoms with Crippen LogP contribution in [0, 0.1) is 5.82 Å². The van der Waals surface area contributed by atoms with Crippen molar-refractivity contribution in [1.82, 2.24) is 0 Å². The summed E-state index contributed by atoms with van der Waals surface area (Å²) in [6.07, 6.45) is 1.40. The van der Waals surface area contributed by atoms with Crippen molar-refractivity contribution in [3.05, 3.63) is 83.6 Å². The molecule has 0 aliphatic rings. The summed E-state index contributed by atoms with van der Waals surface area (Å²) in [5.41, 5.74) is 1.22. The van der Waals surface area contributed by atoms with E-state index in [0.29, 0.717) is 22.6 Å². The second-order valence-electron chi connectivity index (χ2n) is 5.54. The Hall–Kier alpha value is -3.61. The van der Waals surface area contributed by atoms with Gasteiger partial charge in [-0.15, -0.1) is 0 Å². The normalized spacial score (nSPS) is 10.3. The van der Waals surface area contributed by atoms with E-state index in [9.17, 15) is 14.0 Å². The molecule has 6 nitrogen and oxygen atoms in total. The second-order valence-corrected chi connectivity index (χ2v) is 5.54. The van der Waals surface area contributed by atoms with Crippen molar-refractivity contribution in [3.63, 3.8) is 0 Å². The first kappa shape index (κ1) is 18.2. The van der Waals surface area contributed by atoms with Gasteiger partial charge in [0.25, 0.3) is 5.91 Å². The zero-order valence-electron chi connectivity index (χ0n) is 14.4. The predicted octanol–water partition coefficient (Wildman–Crippen LogP) is 4.04. The molecule has 0 aliphatic heterocycles. The molecule has 0 unspecified atom stereocenters. The Balaban J connectivity index is 1.61. The van der Waals surface area contributed by atoms with E-state index in [-0.39, 0.29) is 12.4 Å². The number of ether oxygens (including phenoxy) is 2. The van der Waals surface area contributed by atoms with Gasteiger partial charge >= 0.3 is 5.97 Å². The highest BCUT2D eigenvalue weighted by Gasteiger charge is 2.12. The van der Waals surface area contributed by atoms with Crippen molar-refractivity contribution in [3.8, 4) is 5.75 Å². The lowest BCUT2D eigenvalue weighted by Crippen LogP contribution is -2.11. The lowest BCUT2D eigenvalue weighted by Gasteiger charge is -2.10. The largest absolute Gasteiger partial charge is 0.496 e. The number of rotatable bonds is 6. The Morgan fingerprint density at radius 2 is 1.89 bits per heavy atom. The van der Waals surface area contributed by atoms with Gasteiger partial charge in [0, 0.05) is 11.3 Å². The van der Waals surface area contributed by atoms with Crippen molar-refractivity contribution in [1.29, 1.82) is 0 Å². The minimum absolute atomic E-state index is 0.128. The number of amides is 1. The lowest BCUT2D eigenvalue weighted by atomic mass is 10.2. The number of anilines is 1. The van der Waals surface area contributed by atoms with Gasteiger partial charge in [-0.05, 0) is 54.6 Å². The molecule has 0 saturated heterocycles. The minimum atomic E-state index is -0.578. The number of furan rings is 1. The SMILES string of the molecule is COc1ccc(F)cc1COC(=O)c1ccc(NC(=O)c2ccco2)cc1. The highest BCUT2D eigenvalue weighted by molar-refractivity contribution is 6.02. The van der Waals surface area contributed by atoms with Gasteiger partial charge in [0.15, 0.2) is 5.76 Å². The molecule has 3 rings (SSSR count). The smallest absolute Gasteiger partial charge is 0.338 e. The maximum Gasteiger partial charge on any atom is 0.338 e. The van der Waals surface area contributed by atoms with E-state index in [1.165, 1.54) is 43.7 Å². The van der Waals surface area contributed by atoms with Crippen molar-refractivity contribution in [2.45, 2.75) is 6.61 Å². The fourth-order valence-corrected chi connectivity index (χ4v) is 2.38. The van der Waals surface area contributed by atoms with E-state index in [1.54, 1.807) is 24.3 Å². The van der Waals surface area contributed by atoms with Crippen LogP contribution in [0.25, 0.3) is 0 Å². The number of halogens is 1. The molecular weight excluding hydrogens is 353 g/mol. The predicted molar refractivity (Wildman–Crippen MR) is 95.2 cm³/mol. The Kier molecular flexibility index (Phi) is 5.51. The molecule has 1 N–H and O–H groups in total. The quantitative estimate of drug-likeness (QED) is 0.664. The van der Waals surface area contributed by atoms with Crippen LogP contribution in [-0.4, -0.2) is 19.0 Å². The molecule has 0 atom stereocenters. The standard InChI is InChI=1S/C20H16FNO5/c1-25-17-9-6-15(21)11-14(17)12-27-20(24)13-4-7-16(8-5-13)22-19(23)18-3-2-10-26-18/h2-11H,12H2,1H3,(H,22,23). The monoisotopic (exact) mass is 369 g/mol. The molecule has 1 aromatic heterocycles. The van der Waals surface area contributed by atoms with E-state index < -0.39 is 17.7 Å². The maximum absolute atomic E-state index is 13.3. The summed E-state index contributed by atoms with van der Waals surface area (Å²) in [6, 6.07) is 13.3. The maximum atomic E-state index is 13.3. The first-order valence-corrected chi connectivity index (χ1v) is 8.01. The fraction of sp³-hybridized carbons (Fsp3) is 0.100. The van der Waals surface area contributed by atoms with Crippen molar-refractivity contribution >= 4 is 17.6 Å². The second kappa shape index (κ2) is 8.18. The van der Waals surface area contributed by atoms with Crippen molar-refractivity contribution in [2.24, 2.45) is 0 Å². The summed E-state index contributed by atoms with van der Waals surface area (Å²) in [5, 5.41) is 2.65. The van der Waals surface area contributed by atoms with Crippen molar-refractivity contribution < 1.29 is 27.9 Å². The van der Waals surface area contributed by atoms with Crippen LogP contribution >= 0.6 is 0 Å². The van der Waals surface area contributed by atoms with Crippen LogP contribution in [-0.2, 0) is 11.3 Å². The molecule has 3 aromatic rings. The molecule has 27 heavy (non-hydrogen) atoms. The number of hydrogen-bond donors (Lipinski definition) is 1. The third-order valence-electron chi connectivity index (χ3n) is 3.72. The molecule has 2 aromatic carbocycles. The molecule has 0 radical (unpaired) electrons. The molecule has 0 saturated carbocycles. The Labute approximate surface area is 154 Å². The van der Waals surface area contributed by atoms with Gasteiger partial charge < -0.3 is 19.2 Å². The first-order chi connectivity index (χ1) is 13.1. The number of nitrogens with one attached hydrogen (secondary N) is 1. The number of carbonyl (C=O) groups is 2. The van der Waals surface area contributed by atoms with E-state index in [2.05, 4.69) is 5.32 Å². The highest BCUT2D eigenvalue weighted by atomic mass is 19.1.